The molecule has 0 radical (unpaired) electrons. The fraction of sp³-hybridized carbons (Fsp3) is 0.524. The number of phosphoric acid groups is 1. The molecule has 0 saturated carbocycles. The van der Waals surface area contributed by atoms with E-state index in [0.717, 1.165) is 10.9 Å². The number of anilines is 2. The molecule has 0 aromatic carbocycles. The summed E-state index contributed by atoms with van der Waals surface area (Å²) in [7, 11) is -4.71. The van der Waals surface area contributed by atoms with E-state index in [1.807, 2.05) is 6.92 Å². The molecule has 41 heavy (non-hydrogen) atoms. The maximum atomic E-state index is 15.7. The van der Waals surface area contributed by atoms with Crippen LogP contribution >= 0.6 is 16.4 Å². The first-order valence-corrected chi connectivity index (χ1v) is 15.3. The minimum atomic E-state index is -4.85. The number of hydrogen-bond donors (Lipinski definition) is 5. The molecule has 3 unspecified atom stereocenters. The first-order chi connectivity index (χ1) is 19.5. The quantitative estimate of drug-likeness (QED) is 0.197. The molecule has 2 bridgehead atoms. The lowest BCUT2D eigenvalue weighted by Gasteiger charge is -2.29. The highest BCUT2D eigenvalue weighted by Crippen LogP contribution is 2.50. The molecular weight excluding hydrogens is 585 g/mol. The zero-order chi connectivity index (χ0) is 29.1. The van der Waals surface area contributed by atoms with Gasteiger partial charge >= 0.3 is 7.82 Å². The van der Waals surface area contributed by atoms with Crippen LogP contribution in [0.2, 0.25) is 0 Å². The highest BCUT2D eigenvalue weighted by molar-refractivity contribution is 7.47. The van der Waals surface area contributed by atoms with E-state index >= 15 is 4.39 Å². The predicted molar refractivity (Wildman–Crippen MR) is 144 cm³/mol. The Morgan fingerprint density at radius 3 is 2.80 bits per heavy atom. The van der Waals surface area contributed by atoms with E-state index in [0.29, 0.717) is 17.3 Å². The Morgan fingerprint density at radius 2 is 2.00 bits per heavy atom. The average Bonchev–Trinajstić information content (AvgIpc) is 3.61. The molecule has 220 valence electrons. The van der Waals surface area contributed by atoms with Crippen molar-refractivity contribution >= 4 is 50.5 Å². The molecule has 0 spiro atoms. The van der Waals surface area contributed by atoms with Crippen molar-refractivity contribution in [3.63, 3.8) is 0 Å². The van der Waals surface area contributed by atoms with Gasteiger partial charge in [-0.3, -0.25) is 28.0 Å². The molecule has 4 aromatic rings. The van der Waals surface area contributed by atoms with Crippen molar-refractivity contribution in [2.24, 2.45) is 5.92 Å². The number of ether oxygens (including phenoxy) is 1. The zero-order valence-electron chi connectivity index (χ0n) is 21.4. The summed E-state index contributed by atoms with van der Waals surface area (Å²) in [6, 6.07) is 0. The van der Waals surface area contributed by atoms with Gasteiger partial charge in [0.2, 0.25) is 5.95 Å². The van der Waals surface area contributed by atoms with Crippen LogP contribution in [0.5, 0.6) is 0 Å². The fourth-order valence-electron chi connectivity index (χ4n) is 5.13. The number of H-pyrrole nitrogens is 1. The molecule has 9 atom stereocenters. The molecule has 0 aliphatic carbocycles. The largest absolute Gasteiger partial charge is 0.472 e. The number of fused-ring (bicyclic) bond motifs is 4. The minimum absolute atomic E-state index is 0.0381. The highest BCUT2D eigenvalue weighted by Gasteiger charge is 2.48. The molecule has 4 aromatic heterocycles. The van der Waals surface area contributed by atoms with Crippen LogP contribution in [0.4, 0.5) is 16.2 Å². The number of aromatic amines is 1. The van der Waals surface area contributed by atoms with Gasteiger partial charge in [0.05, 0.1) is 19.3 Å². The number of nitrogen functional groups attached to an aromatic ring is 2. The number of aliphatic hydroxyl groups excluding tert-OH is 1. The summed E-state index contributed by atoms with van der Waals surface area (Å²) < 4.78 is 48.0. The van der Waals surface area contributed by atoms with Crippen molar-refractivity contribution in [2.45, 2.75) is 49.8 Å². The smallest absolute Gasteiger partial charge is 0.382 e. The van der Waals surface area contributed by atoms with E-state index in [1.165, 1.54) is 12.7 Å². The van der Waals surface area contributed by atoms with Crippen LogP contribution in [-0.4, -0.2) is 85.8 Å². The third-order valence-corrected chi connectivity index (χ3v) is 9.78. The Bertz CT molecular complexity index is 1700. The first-order valence-electron chi connectivity index (χ1n) is 12.5. The van der Waals surface area contributed by atoms with Crippen molar-refractivity contribution in [1.82, 2.24) is 39.0 Å². The molecular formula is C21H27FN10O7P2. The molecule has 2 aliphatic heterocycles. The van der Waals surface area contributed by atoms with Crippen molar-refractivity contribution in [3.8, 4) is 0 Å². The van der Waals surface area contributed by atoms with Crippen LogP contribution in [0.1, 0.15) is 25.8 Å². The normalized spacial score (nSPS) is 32.7. The maximum absolute atomic E-state index is 15.7. The van der Waals surface area contributed by atoms with E-state index in [2.05, 4.69) is 29.9 Å². The summed E-state index contributed by atoms with van der Waals surface area (Å²) >= 11 is 0. The van der Waals surface area contributed by atoms with Crippen molar-refractivity contribution in [2.75, 3.05) is 24.2 Å². The van der Waals surface area contributed by atoms with Gasteiger partial charge in [-0.2, -0.15) is 4.98 Å². The monoisotopic (exact) mass is 612 g/mol. The molecule has 6 heterocycles. The van der Waals surface area contributed by atoms with Crippen LogP contribution in [0, 0.1) is 5.92 Å². The van der Waals surface area contributed by atoms with Gasteiger partial charge in [0.1, 0.15) is 36.5 Å². The maximum Gasteiger partial charge on any atom is 0.472 e. The summed E-state index contributed by atoms with van der Waals surface area (Å²) in [6.07, 6.45) is -2.14. The second-order valence-electron chi connectivity index (χ2n) is 9.90. The molecule has 20 heteroatoms. The SMILES string of the molecule is CC1C[C@H]([C@@H](O)n2cnc3c(=O)[nH]c(N)nc32)OP(=O)(O)OC[C@H]2O[C@@H](n3cnc4c(N)ncnc43)[C@H](CP1)[C@@H]2F. The van der Waals surface area contributed by atoms with Gasteiger partial charge < -0.3 is 26.2 Å². The molecule has 17 nitrogen and oxygen atoms in total. The summed E-state index contributed by atoms with van der Waals surface area (Å²) in [6.45, 7) is 1.24. The van der Waals surface area contributed by atoms with Crippen molar-refractivity contribution in [3.05, 3.63) is 29.3 Å². The standard InChI is InChI=1S/C21H27FN10O7P2/c1-8-2-10(19(34)31-6-28-14-17(31)29-21(24)30-18(14)33)39-41(35,36)37-3-11-12(22)9(4-40-8)20(38-11)32-7-27-13-15(23)25-5-26-16(13)32/h5-12,19-20,34,40H,2-4H2,1H3,(H,35,36)(H2,23,25,26)(H3,24,29,30,33)/t8?,9-,10-,11-,12+,19-,20-/m1/s1. The van der Waals surface area contributed by atoms with E-state index in [-0.39, 0.29) is 43.6 Å². The Labute approximate surface area is 231 Å². The Kier molecular flexibility index (Phi) is 7.26. The zero-order valence-corrected chi connectivity index (χ0v) is 23.3. The summed E-state index contributed by atoms with van der Waals surface area (Å²) in [5.41, 5.74) is 11.3. The molecule has 7 N–H and O–H groups in total. The number of nitrogens with two attached hydrogens (primary N) is 2. The summed E-state index contributed by atoms with van der Waals surface area (Å²) in [4.78, 5) is 45.5. The molecule has 2 fully saturated rings. The highest BCUT2D eigenvalue weighted by atomic mass is 31.2. The van der Waals surface area contributed by atoms with Gasteiger partial charge in [0.15, 0.2) is 28.9 Å². The number of nitrogens with zero attached hydrogens (tertiary/aromatic N) is 7. The number of aliphatic hydroxyl groups is 1. The average molecular weight is 612 g/mol. The molecule has 2 saturated heterocycles. The first kappa shape index (κ1) is 28.0. The van der Waals surface area contributed by atoms with E-state index in [1.54, 1.807) is 4.57 Å². The predicted octanol–water partition coefficient (Wildman–Crippen LogP) is 0.439. The topological polar surface area (TPSA) is 244 Å². The second-order valence-corrected chi connectivity index (χ2v) is 13.1. The Morgan fingerprint density at radius 1 is 1.22 bits per heavy atom. The molecule has 0 amide bonds. The number of imidazole rings is 2. The third kappa shape index (κ3) is 5.20. The van der Waals surface area contributed by atoms with Crippen LogP contribution in [0.25, 0.3) is 22.3 Å². The molecule has 2 aliphatic rings. The van der Waals surface area contributed by atoms with Crippen LogP contribution in [0.15, 0.2) is 23.8 Å². The van der Waals surface area contributed by atoms with Crippen LogP contribution < -0.4 is 17.0 Å². The number of nitrogens with one attached hydrogen (secondary N) is 1. The van der Waals surface area contributed by atoms with Gasteiger partial charge in [-0.05, 0) is 18.2 Å². The van der Waals surface area contributed by atoms with Gasteiger partial charge in [0, 0.05) is 5.92 Å². The number of alkyl halides is 1. The number of halogens is 1. The van der Waals surface area contributed by atoms with Crippen LogP contribution in [0.3, 0.4) is 0 Å². The lowest BCUT2D eigenvalue weighted by Crippen LogP contribution is -2.32. The Balaban J connectivity index is 1.29. The third-order valence-electron chi connectivity index (χ3n) is 7.13. The number of rotatable bonds is 3. The van der Waals surface area contributed by atoms with E-state index < -0.39 is 56.7 Å². The lowest BCUT2D eigenvalue weighted by atomic mass is 10.0. The van der Waals surface area contributed by atoms with Crippen LogP contribution in [-0.2, 0) is 18.3 Å². The van der Waals surface area contributed by atoms with Crippen molar-refractivity contribution < 1.29 is 32.7 Å². The van der Waals surface area contributed by atoms with Crippen molar-refractivity contribution in [1.29, 1.82) is 0 Å². The van der Waals surface area contributed by atoms with Gasteiger partial charge in [0.25, 0.3) is 5.56 Å². The second kappa shape index (κ2) is 10.6. The number of phosphoric ester groups is 1. The van der Waals surface area contributed by atoms with Gasteiger partial charge in [-0.25, -0.2) is 28.9 Å². The lowest BCUT2D eigenvalue weighted by molar-refractivity contribution is -0.0532. The van der Waals surface area contributed by atoms with E-state index in [4.69, 9.17) is 25.3 Å². The van der Waals surface area contributed by atoms with Gasteiger partial charge in [-0.1, -0.05) is 6.92 Å². The summed E-state index contributed by atoms with van der Waals surface area (Å²) in [5.74, 6) is -0.707. The fourth-order valence-corrected chi connectivity index (χ4v) is 7.57. The van der Waals surface area contributed by atoms with Gasteiger partial charge in [-0.15, -0.1) is 8.58 Å². The number of hydrogen-bond acceptors (Lipinski definition) is 13. The number of aromatic nitrogens is 8. The Hall–Kier alpha value is -3.11. The minimum Gasteiger partial charge on any atom is -0.382 e. The molecule has 6 rings (SSSR count). The van der Waals surface area contributed by atoms with E-state index in [9.17, 15) is 19.4 Å². The summed E-state index contributed by atoms with van der Waals surface area (Å²) in [5, 5.41) is 11.2.